The summed E-state index contributed by atoms with van der Waals surface area (Å²) in [5.41, 5.74) is 0.735. The lowest BCUT2D eigenvalue weighted by molar-refractivity contribution is -0.141. The molecule has 1 aliphatic rings. The van der Waals surface area contributed by atoms with Crippen LogP contribution in [0.25, 0.3) is 0 Å². The number of benzene rings is 1. The van der Waals surface area contributed by atoms with Crippen molar-refractivity contribution in [2.75, 3.05) is 18.7 Å². The van der Waals surface area contributed by atoms with Crippen LogP contribution < -0.4 is 10.4 Å². The standard InChI is InChI=1S/C20H20F2N4O4/c1-11(20(28)30-2)25-17-14-4-3-7-23-18(14)26(29)10-15(17)19(27)24-9-12-5-6-13(21)8-16(12)22/h3-8,11,15,29H,9-10H2,1-2H3,(H,24,27). The van der Waals surface area contributed by atoms with Gasteiger partial charge in [-0.05, 0) is 25.1 Å². The maximum Gasteiger partial charge on any atom is 0.330 e. The molecule has 0 bridgehead atoms. The minimum absolute atomic E-state index is 0.102. The lowest BCUT2D eigenvalue weighted by Gasteiger charge is -2.31. The molecule has 0 radical (unpaired) electrons. The molecule has 2 aromatic rings. The first kappa shape index (κ1) is 21.3. The maximum atomic E-state index is 13.9. The molecule has 2 heterocycles. The zero-order chi connectivity index (χ0) is 21.8. The average Bonchev–Trinajstić information content (AvgIpc) is 2.74. The van der Waals surface area contributed by atoms with Crippen molar-refractivity contribution < 1.29 is 28.3 Å². The van der Waals surface area contributed by atoms with Crippen LogP contribution in [0.3, 0.4) is 0 Å². The summed E-state index contributed by atoms with van der Waals surface area (Å²) in [4.78, 5) is 33.2. The molecule has 8 nitrogen and oxygen atoms in total. The monoisotopic (exact) mass is 418 g/mol. The molecule has 0 fully saturated rings. The summed E-state index contributed by atoms with van der Waals surface area (Å²) in [6.45, 7) is 1.16. The van der Waals surface area contributed by atoms with Crippen molar-refractivity contribution in [2.24, 2.45) is 10.9 Å². The molecule has 10 heteroatoms. The number of hydrogen-bond acceptors (Lipinski definition) is 7. The van der Waals surface area contributed by atoms with E-state index in [0.717, 1.165) is 17.2 Å². The van der Waals surface area contributed by atoms with E-state index in [1.807, 2.05) is 0 Å². The molecular weight excluding hydrogens is 398 g/mol. The molecule has 0 saturated heterocycles. The number of nitrogens with one attached hydrogen (secondary N) is 1. The highest BCUT2D eigenvalue weighted by Crippen LogP contribution is 2.28. The van der Waals surface area contributed by atoms with Crippen molar-refractivity contribution >= 4 is 23.4 Å². The Labute approximate surface area is 171 Å². The predicted octanol–water partition coefficient (Wildman–Crippen LogP) is 1.85. The Balaban J connectivity index is 1.89. The zero-order valence-corrected chi connectivity index (χ0v) is 16.3. The van der Waals surface area contributed by atoms with Gasteiger partial charge in [0.2, 0.25) is 5.91 Å². The Hall–Kier alpha value is -3.40. The third-order valence-electron chi connectivity index (χ3n) is 4.65. The SMILES string of the molecule is COC(=O)C(C)N=C1c2cccnc2N(O)CC1C(=O)NCc1ccc(F)cc1F. The number of carbonyl (C=O) groups is 2. The second kappa shape index (κ2) is 8.95. The van der Waals surface area contributed by atoms with E-state index in [-0.39, 0.29) is 30.2 Å². The van der Waals surface area contributed by atoms with Crippen LogP contribution in [-0.2, 0) is 20.9 Å². The van der Waals surface area contributed by atoms with Crippen LogP contribution >= 0.6 is 0 Å². The Kier molecular flexibility index (Phi) is 6.36. The van der Waals surface area contributed by atoms with Crippen molar-refractivity contribution in [3.8, 4) is 0 Å². The van der Waals surface area contributed by atoms with E-state index in [2.05, 4.69) is 15.3 Å². The summed E-state index contributed by atoms with van der Waals surface area (Å²) in [7, 11) is 1.23. The largest absolute Gasteiger partial charge is 0.467 e. The number of aliphatic imine (C=N–C) groups is 1. The maximum absolute atomic E-state index is 13.9. The molecule has 2 N–H and O–H groups in total. The van der Waals surface area contributed by atoms with Gasteiger partial charge in [-0.15, -0.1) is 0 Å². The number of anilines is 1. The molecule has 3 rings (SSSR count). The topological polar surface area (TPSA) is 104 Å². The number of hydroxylamine groups is 1. The number of halogens is 2. The van der Waals surface area contributed by atoms with Crippen molar-refractivity contribution in [1.82, 2.24) is 10.3 Å². The molecule has 30 heavy (non-hydrogen) atoms. The van der Waals surface area contributed by atoms with Crippen LogP contribution in [0.2, 0.25) is 0 Å². The van der Waals surface area contributed by atoms with Crippen LogP contribution in [-0.4, -0.2) is 47.5 Å². The van der Waals surface area contributed by atoms with E-state index in [9.17, 15) is 23.6 Å². The zero-order valence-electron chi connectivity index (χ0n) is 16.3. The number of ether oxygens (including phenoxy) is 1. The number of rotatable bonds is 5. The number of nitrogens with zero attached hydrogens (tertiary/aromatic N) is 3. The smallest absolute Gasteiger partial charge is 0.330 e. The van der Waals surface area contributed by atoms with Gasteiger partial charge in [0.1, 0.15) is 23.6 Å². The lowest BCUT2D eigenvalue weighted by Crippen LogP contribution is -2.47. The molecule has 2 atom stereocenters. The van der Waals surface area contributed by atoms with Gasteiger partial charge >= 0.3 is 5.97 Å². The van der Waals surface area contributed by atoms with E-state index >= 15 is 0 Å². The lowest BCUT2D eigenvalue weighted by atomic mass is 9.91. The predicted molar refractivity (Wildman–Crippen MR) is 103 cm³/mol. The Morgan fingerprint density at radius 2 is 2.17 bits per heavy atom. The average molecular weight is 418 g/mol. The minimum atomic E-state index is -0.970. The summed E-state index contributed by atoms with van der Waals surface area (Å²) >= 11 is 0. The quantitative estimate of drug-likeness (QED) is 0.719. The van der Waals surface area contributed by atoms with Gasteiger partial charge in [0.05, 0.1) is 19.4 Å². The van der Waals surface area contributed by atoms with Gasteiger partial charge in [-0.1, -0.05) is 6.07 Å². The number of amides is 1. The summed E-state index contributed by atoms with van der Waals surface area (Å²) in [5.74, 6) is -3.43. The molecular formula is C20H20F2N4O4. The van der Waals surface area contributed by atoms with Gasteiger partial charge in [0.25, 0.3) is 0 Å². The number of esters is 1. The van der Waals surface area contributed by atoms with Crippen LogP contribution in [0.1, 0.15) is 18.1 Å². The second-order valence-corrected chi connectivity index (χ2v) is 6.68. The van der Waals surface area contributed by atoms with Crippen LogP contribution in [0.4, 0.5) is 14.6 Å². The third kappa shape index (κ3) is 4.43. The Bertz CT molecular complexity index is 999. The number of hydrogen-bond donors (Lipinski definition) is 2. The first-order valence-electron chi connectivity index (χ1n) is 9.10. The Morgan fingerprint density at radius 1 is 1.40 bits per heavy atom. The molecule has 1 aromatic heterocycles. The van der Waals surface area contributed by atoms with Crippen molar-refractivity contribution in [2.45, 2.75) is 19.5 Å². The van der Waals surface area contributed by atoms with Crippen molar-refractivity contribution in [3.05, 3.63) is 59.3 Å². The fourth-order valence-corrected chi connectivity index (χ4v) is 3.11. The fourth-order valence-electron chi connectivity index (χ4n) is 3.11. The van der Waals surface area contributed by atoms with Crippen LogP contribution in [0.15, 0.2) is 41.5 Å². The molecule has 0 saturated carbocycles. The Morgan fingerprint density at radius 3 is 2.87 bits per heavy atom. The molecule has 0 spiro atoms. The molecule has 158 valence electrons. The van der Waals surface area contributed by atoms with Crippen molar-refractivity contribution in [1.29, 1.82) is 0 Å². The van der Waals surface area contributed by atoms with Gasteiger partial charge in [-0.2, -0.15) is 0 Å². The van der Waals surface area contributed by atoms with E-state index in [1.165, 1.54) is 26.3 Å². The molecule has 0 aliphatic carbocycles. The molecule has 1 amide bonds. The normalized spacial score (nSPS) is 18.0. The summed E-state index contributed by atoms with van der Waals surface area (Å²) < 4.78 is 31.6. The van der Waals surface area contributed by atoms with E-state index < -0.39 is 35.5 Å². The van der Waals surface area contributed by atoms with Crippen molar-refractivity contribution in [3.63, 3.8) is 0 Å². The highest BCUT2D eigenvalue weighted by atomic mass is 19.1. The van der Waals surface area contributed by atoms with Gasteiger partial charge in [-0.3, -0.25) is 15.0 Å². The number of carbonyl (C=O) groups excluding carboxylic acids is 2. The first-order valence-corrected chi connectivity index (χ1v) is 9.10. The van der Waals surface area contributed by atoms with Gasteiger partial charge in [0.15, 0.2) is 5.82 Å². The third-order valence-corrected chi connectivity index (χ3v) is 4.65. The van der Waals surface area contributed by atoms with Gasteiger partial charge in [0, 0.05) is 29.9 Å². The minimum Gasteiger partial charge on any atom is -0.467 e. The van der Waals surface area contributed by atoms with E-state index in [0.29, 0.717) is 5.56 Å². The van der Waals surface area contributed by atoms with E-state index in [1.54, 1.807) is 12.1 Å². The molecule has 2 unspecified atom stereocenters. The van der Waals surface area contributed by atoms with Crippen LogP contribution in [0, 0.1) is 17.6 Å². The number of fused-ring (bicyclic) bond motifs is 1. The summed E-state index contributed by atoms with van der Waals surface area (Å²) in [5, 5.41) is 13.7. The number of methoxy groups -OCH3 is 1. The van der Waals surface area contributed by atoms with Crippen LogP contribution in [0.5, 0.6) is 0 Å². The highest BCUT2D eigenvalue weighted by Gasteiger charge is 2.36. The van der Waals surface area contributed by atoms with Gasteiger partial charge < -0.3 is 10.1 Å². The fraction of sp³-hybridized carbons (Fsp3) is 0.300. The first-order chi connectivity index (χ1) is 14.3. The second-order valence-electron chi connectivity index (χ2n) is 6.68. The van der Waals surface area contributed by atoms with Gasteiger partial charge in [-0.25, -0.2) is 23.6 Å². The molecule has 1 aliphatic heterocycles. The summed E-state index contributed by atoms with van der Waals surface area (Å²) in [6.07, 6.45) is 1.47. The summed E-state index contributed by atoms with van der Waals surface area (Å²) in [6, 6.07) is 5.38. The molecule has 1 aromatic carbocycles. The highest BCUT2D eigenvalue weighted by molar-refractivity contribution is 6.17. The number of aromatic nitrogens is 1. The van der Waals surface area contributed by atoms with E-state index in [4.69, 9.17) is 4.74 Å². The number of pyridine rings is 1.